The molecule has 16 heavy (non-hydrogen) atoms. The Morgan fingerprint density at radius 2 is 2.19 bits per heavy atom. The summed E-state index contributed by atoms with van der Waals surface area (Å²) in [6, 6.07) is 8.86. The van der Waals surface area contributed by atoms with E-state index in [-0.39, 0.29) is 0 Å². The molecule has 0 atom stereocenters. The quantitative estimate of drug-likeness (QED) is 0.837. The van der Waals surface area contributed by atoms with Gasteiger partial charge in [0.2, 0.25) is 0 Å². The summed E-state index contributed by atoms with van der Waals surface area (Å²) in [5, 5.41) is 5.54. The van der Waals surface area contributed by atoms with Crippen LogP contribution in [0.2, 0.25) is 5.02 Å². The lowest BCUT2D eigenvalue weighted by atomic mass is 9.93. The molecule has 1 aromatic carbocycles. The van der Waals surface area contributed by atoms with Crippen LogP contribution in [0.1, 0.15) is 25.0 Å². The Bertz CT molecular complexity index is 500. The summed E-state index contributed by atoms with van der Waals surface area (Å²) in [4.78, 5) is 3.41. The Kier molecular flexibility index (Phi) is 2.62. The molecule has 0 radical (unpaired) electrons. The molecular weight excluding hydrogens is 220 g/mol. The molecule has 2 aromatic rings. The van der Waals surface area contributed by atoms with E-state index >= 15 is 0 Å². The zero-order valence-electron chi connectivity index (χ0n) is 9.09. The van der Waals surface area contributed by atoms with Gasteiger partial charge in [0, 0.05) is 34.2 Å². The first-order valence-electron chi connectivity index (χ1n) is 5.82. The fraction of sp³-hybridized carbons (Fsp3) is 0.385. The number of H-pyrrole nitrogens is 1. The van der Waals surface area contributed by atoms with Crippen molar-refractivity contribution in [2.75, 3.05) is 0 Å². The van der Waals surface area contributed by atoms with Crippen molar-refractivity contribution in [1.82, 2.24) is 10.3 Å². The van der Waals surface area contributed by atoms with Gasteiger partial charge in [-0.3, -0.25) is 0 Å². The van der Waals surface area contributed by atoms with Crippen molar-refractivity contribution in [3.8, 4) is 0 Å². The van der Waals surface area contributed by atoms with E-state index in [9.17, 15) is 0 Å². The minimum Gasteiger partial charge on any atom is -0.357 e. The number of fused-ring (bicyclic) bond motifs is 1. The lowest BCUT2D eigenvalue weighted by Crippen LogP contribution is -2.34. The monoisotopic (exact) mass is 234 g/mol. The van der Waals surface area contributed by atoms with Gasteiger partial charge in [0.25, 0.3) is 0 Å². The van der Waals surface area contributed by atoms with Crippen molar-refractivity contribution in [2.24, 2.45) is 0 Å². The number of halogens is 1. The van der Waals surface area contributed by atoms with E-state index in [1.54, 1.807) is 0 Å². The maximum Gasteiger partial charge on any atom is 0.0457 e. The molecule has 0 spiro atoms. The maximum atomic E-state index is 5.96. The number of hydrogen-bond acceptors (Lipinski definition) is 1. The van der Waals surface area contributed by atoms with Crippen LogP contribution in [0.25, 0.3) is 10.9 Å². The van der Waals surface area contributed by atoms with E-state index in [1.165, 1.54) is 30.3 Å². The summed E-state index contributed by atoms with van der Waals surface area (Å²) in [5.41, 5.74) is 2.40. The zero-order valence-corrected chi connectivity index (χ0v) is 9.85. The van der Waals surface area contributed by atoms with Crippen LogP contribution in [-0.4, -0.2) is 11.0 Å². The Morgan fingerprint density at radius 1 is 1.31 bits per heavy atom. The van der Waals surface area contributed by atoms with Gasteiger partial charge in [-0.15, -0.1) is 0 Å². The van der Waals surface area contributed by atoms with Gasteiger partial charge in [0.15, 0.2) is 0 Å². The number of benzene rings is 1. The van der Waals surface area contributed by atoms with Gasteiger partial charge in [0.1, 0.15) is 0 Å². The highest BCUT2D eigenvalue weighted by atomic mass is 35.5. The van der Waals surface area contributed by atoms with E-state index in [0.29, 0.717) is 0 Å². The number of nitrogens with one attached hydrogen (secondary N) is 2. The predicted octanol–water partition coefficient (Wildman–Crippen LogP) is 3.46. The van der Waals surface area contributed by atoms with Crippen LogP contribution < -0.4 is 5.32 Å². The standard InChI is InChI=1S/C13H15ClN2/c14-10-4-5-13-9(6-10)7-12(16-13)8-15-11-2-1-3-11/h4-7,11,15-16H,1-3,8H2. The van der Waals surface area contributed by atoms with E-state index in [1.807, 2.05) is 18.2 Å². The van der Waals surface area contributed by atoms with E-state index < -0.39 is 0 Å². The minimum atomic E-state index is 0.731. The molecule has 0 amide bonds. The second-order valence-corrected chi connectivity index (χ2v) is 4.97. The molecule has 1 fully saturated rings. The van der Waals surface area contributed by atoms with Crippen LogP contribution in [0.4, 0.5) is 0 Å². The summed E-state index contributed by atoms with van der Waals surface area (Å²) in [6.07, 6.45) is 4.03. The average molecular weight is 235 g/mol. The fourth-order valence-corrected chi connectivity index (χ4v) is 2.31. The normalized spacial score (nSPS) is 16.6. The third-order valence-electron chi connectivity index (χ3n) is 3.32. The highest BCUT2D eigenvalue weighted by Gasteiger charge is 2.16. The first kappa shape index (κ1) is 10.2. The van der Waals surface area contributed by atoms with E-state index in [2.05, 4.69) is 16.4 Å². The molecule has 1 saturated carbocycles. The van der Waals surface area contributed by atoms with E-state index in [0.717, 1.165) is 23.1 Å². The second kappa shape index (κ2) is 4.11. The van der Waals surface area contributed by atoms with Crippen molar-refractivity contribution in [3.05, 3.63) is 35.0 Å². The number of hydrogen-bond donors (Lipinski definition) is 2. The lowest BCUT2D eigenvalue weighted by Gasteiger charge is -2.26. The molecule has 1 heterocycles. The Morgan fingerprint density at radius 3 is 2.94 bits per heavy atom. The number of aromatic amines is 1. The third-order valence-corrected chi connectivity index (χ3v) is 3.56. The highest BCUT2D eigenvalue weighted by molar-refractivity contribution is 6.31. The first-order valence-corrected chi connectivity index (χ1v) is 6.19. The minimum absolute atomic E-state index is 0.731. The molecule has 0 bridgehead atoms. The largest absolute Gasteiger partial charge is 0.357 e. The topological polar surface area (TPSA) is 27.8 Å². The predicted molar refractivity (Wildman–Crippen MR) is 67.8 cm³/mol. The zero-order chi connectivity index (χ0) is 11.0. The molecule has 0 aliphatic heterocycles. The molecule has 1 aromatic heterocycles. The fourth-order valence-electron chi connectivity index (χ4n) is 2.13. The maximum absolute atomic E-state index is 5.96. The van der Waals surface area contributed by atoms with Crippen molar-refractivity contribution in [1.29, 1.82) is 0 Å². The van der Waals surface area contributed by atoms with Crippen LogP contribution in [0, 0.1) is 0 Å². The highest BCUT2D eigenvalue weighted by Crippen LogP contribution is 2.21. The van der Waals surface area contributed by atoms with Crippen molar-refractivity contribution in [3.63, 3.8) is 0 Å². The Balaban J connectivity index is 1.76. The molecule has 1 aliphatic rings. The van der Waals surface area contributed by atoms with Gasteiger partial charge in [-0.1, -0.05) is 18.0 Å². The molecule has 2 N–H and O–H groups in total. The Hall–Kier alpha value is -0.990. The molecule has 2 nitrogen and oxygen atoms in total. The molecular formula is C13H15ClN2. The lowest BCUT2D eigenvalue weighted by molar-refractivity contribution is 0.337. The smallest absolute Gasteiger partial charge is 0.0457 e. The molecule has 84 valence electrons. The van der Waals surface area contributed by atoms with Crippen molar-refractivity contribution >= 4 is 22.5 Å². The first-order chi connectivity index (χ1) is 7.81. The van der Waals surface area contributed by atoms with Gasteiger partial charge < -0.3 is 10.3 Å². The Labute approximate surface area is 100.0 Å². The van der Waals surface area contributed by atoms with Crippen LogP contribution in [0.3, 0.4) is 0 Å². The average Bonchev–Trinajstić information content (AvgIpc) is 2.57. The second-order valence-electron chi connectivity index (χ2n) is 4.53. The molecule has 0 unspecified atom stereocenters. The molecule has 3 rings (SSSR count). The SMILES string of the molecule is Clc1ccc2[nH]c(CNC3CCC3)cc2c1. The van der Waals surface area contributed by atoms with Gasteiger partial charge in [-0.2, -0.15) is 0 Å². The van der Waals surface area contributed by atoms with Crippen LogP contribution in [0.5, 0.6) is 0 Å². The summed E-state index contributed by atoms with van der Waals surface area (Å²) in [6.45, 7) is 0.928. The summed E-state index contributed by atoms with van der Waals surface area (Å²) >= 11 is 5.96. The van der Waals surface area contributed by atoms with E-state index in [4.69, 9.17) is 11.6 Å². The van der Waals surface area contributed by atoms with Gasteiger partial charge >= 0.3 is 0 Å². The van der Waals surface area contributed by atoms with Gasteiger partial charge in [-0.25, -0.2) is 0 Å². The summed E-state index contributed by atoms with van der Waals surface area (Å²) in [7, 11) is 0. The number of aromatic nitrogens is 1. The van der Waals surface area contributed by atoms with Gasteiger partial charge in [-0.05, 0) is 37.1 Å². The van der Waals surface area contributed by atoms with Crippen LogP contribution >= 0.6 is 11.6 Å². The third kappa shape index (κ3) is 1.95. The van der Waals surface area contributed by atoms with Crippen molar-refractivity contribution in [2.45, 2.75) is 31.8 Å². The van der Waals surface area contributed by atoms with Gasteiger partial charge in [0.05, 0.1) is 0 Å². The summed E-state index contributed by atoms with van der Waals surface area (Å²) in [5.74, 6) is 0. The molecule has 3 heteroatoms. The summed E-state index contributed by atoms with van der Waals surface area (Å²) < 4.78 is 0. The molecule has 0 saturated heterocycles. The van der Waals surface area contributed by atoms with Crippen molar-refractivity contribution < 1.29 is 0 Å². The molecule has 1 aliphatic carbocycles. The van der Waals surface area contributed by atoms with Crippen LogP contribution in [-0.2, 0) is 6.54 Å². The number of rotatable bonds is 3. The van der Waals surface area contributed by atoms with Crippen LogP contribution in [0.15, 0.2) is 24.3 Å².